The first-order chi connectivity index (χ1) is 16.3. The molecule has 8 nitrogen and oxygen atoms in total. The van der Waals surface area contributed by atoms with Gasteiger partial charge in [0.05, 0.1) is 29.5 Å². The van der Waals surface area contributed by atoms with Crippen LogP contribution in [0.2, 0.25) is 0 Å². The number of amides is 3. The lowest BCUT2D eigenvalue weighted by molar-refractivity contribution is -0.119. The van der Waals surface area contributed by atoms with E-state index in [-0.39, 0.29) is 23.2 Å². The predicted molar refractivity (Wildman–Crippen MR) is 117 cm³/mol. The number of nitrogens with one attached hydrogen (secondary N) is 1. The van der Waals surface area contributed by atoms with Crippen LogP contribution in [0.3, 0.4) is 0 Å². The minimum atomic E-state index is -2.55. The van der Waals surface area contributed by atoms with Crippen molar-refractivity contribution in [1.29, 1.82) is 0 Å². The maximum absolute atomic E-state index is 12.7. The Morgan fingerprint density at radius 1 is 1.03 bits per heavy atom. The Balaban J connectivity index is 1.35. The number of rotatable bonds is 8. The van der Waals surface area contributed by atoms with Crippen molar-refractivity contribution >= 4 is 41.1 Å². The molecule has 4 rings (SSSR count). The molecule has 0 radical (unpaired) electrons. The number of hydrogen-bond donors (Lipinski definition) is 1. The van der Waals surface area contributed by atoms with Crippen LogP contribution in [0.15, 0.2) is 70.2 Å². The monoisotopic (exact) mass is 486 g/mol. The van der Waals surface area contributed by atoms with E-state index in [1.54, 1.807) is 12.1 Å². The van der Waals surface area contributed by atoms with Crippen molar-refractivity contribution in [2.75, 3.05) is 11.9 Å². The maximum atomic E-state index is 12.7. The van der Waals surface area contributed by atoms with Gasteiger partial charge < -0.3 is 14.5 Å². The van der Waals surface area contributed by atoms with Gasteiger partial charge in [-0.1, -0.05) is 11.8 Å². The fourth-order valence-corrected chi connectivity index (χ4v) is 3.75. The first-order valence-electron chi connectivity index (χ1n) is 9.86. The van der Waals surface area contributed by atoms with Gasteiger partial charge in [0.1, 0.15) is 5.76 Å². The number of carbonyl (C=O) groups excluding carboxylic acids is 4. The molecule has 1 aromatic heterocycles. The molecule has 11 heteroatoms. The van der Waals surface area contributed by atoms with E-state index in [1.165, 1.54) is 48.7 Å². The maximum Gasteiger partial charge on any atom is 0.338 e. The summed E-state index contributed by atoms with van der Waals surface area (Å²) in [6.45, 7) is -0.651. The number of alkyl halides is 2. The van der Waals surface area contributed by atoms with E-state index < -0.39 is 36.1 Å². The summed E-state index contributed by atoms with van der Waals surface area (Å²) >= 11 is 0.379. The molecule has 1 N–H and O–H groups in total. The van der Waals surface area contributed by atoms with Crippen LogP contribution in [-0.4, -0.2) is 41.0 Å². The molecule has 3 aromatic rings. The summed E-state index contributed by atoms with van der Waals surface area (Å²) in [5.41, 5.74) is 0.551. The van der Waals surface area contributed by atoms with Gasteiger partial charge in [0, 0.05) is 10.6 Å². The van der Waals surface area contributed by atoms with Gasteiger partial charge in [-0.15, -0.1) is 0 Å². The highest BCUT2D eigenvalue weighted by atomic mass is 32.2. The molecule has 1 aliphatic heterocycles. The van der Waals surface area contributed by atoms with E-state index in [9.17, 15) is 28.0 Å². The summed E-state index contributed by atoms with van der Waals surface area (Å²) < 4.78 is 34.9. The molecule has 34 heavy (non-hydrogen) atoms. The minimum absolute atomic E-state index is 0.000857. The van der Waals surface area contributed by atoms with E-state index in [0.29, 0.717) is 28.1 Å². The van der Waals surface area contributed by atoms with Crippen LogP contribution in [0.25, 0.3) is 0 Å². The lowest BCUT2D eigenvalue weighted by Gasteiger charge is -2.11. The topological polar surface area (TPSA) is 106 Å². The van der Waals surface area contributed by atoms with Crippen molar-refractivity contribution in [1.82, 2.24) is 4.90 Å². The second-order valence-corrected chi connectivity index (χ2v) is 8.13. The summed E-state index contributed by atoms with van der Waals surface area (Å²) in [6, 6.07) is 13.0. The number of thioether (sulfide) groups is 1. The third kappa shape index (κ3) is 5.15. The zero-order valence-electron chi connectivity index (χ0n) is 17.3. The Hall–Kier alpha value is -3.99. The summed E-state index contributed by atoms with van der Waals surface area (Å²) in [7, 11) is 0. The largest absolute Gasteiger partial charge is 0.467 e. The molecule has 1 aliphatic rings. The van der Waals surface area contributed by atoms with Crippen molar-refractivity contribution in [2.45, 2.75) is 17.2 Å². The number of imide groups is 1. The number of nitrogens with zero attached hydrogens (tertiary/aromatic N) is 1. The summed E-state index contributed by atoms with van der Waals surface area (Å²) in [4.78, 5) is 51.0. The molecular formula is C23H16F2N2O6S. The van der Waals surface area contributed by atoms with Gasteiger partial charge in [-0.3, -0.25) is 19.3 Å². The number of halogens is 2. The van der Waals surface area contributed by atoms with E-state index >= 15 is 0 Å². The van der Waals surface area contributed by atoms with Gasteiger partial charge in [0.25, 0.3) is 23.5 Å². The van der Waals surface area contributed by atoms with Crippen LogP contribution in [0.1, 0.15) is 36.8 Å². The summed E-state index contributed by atoms with van der Waals surface area (Å²) in [5.74, 6) is -4.69. The fourth-order valence-electron chi connectivity index (χ4n) is 3.25. The van der Waals surface area contributed by atoms with Crippen LogP contribution in [-0.2, 0) is 16.1 Å². The minimum Gasteiger partial charge on any atom is -0.467 e. The number of hydrogen-bond acceptors (Lipinski definition) is 7. The highest BCUT2D eigenvalue weighted by Gasteiger charge is 2.36. The number of furan rings is 1. The SMILES string of the molecule is O=C(COC(=O)c1ccc2c(c1)C(=O)N(Cc1ccco1)C2=O)Nc1ccc(SC(F)F)cc1. The van der Waals surface area contributed by atoms with Gasteiger partial charge in [-0.25, -0.2) is 4.79 Å². The van der Waals surface area contributed by atoms with Crippen molar-refractivity contribution in [3.8, 4) is 0 Å². The van der Waals surface area contributed by atoms with Gasteiger partial charge in [0.2, 0.25) is 0 Å². The smallest absolute Gasteiger partial charge is 0.338 e. The molecule has 0 bridgehead atoms. The molecular weight excluding hydrogens is 470 g/mol. The second kappa shape index (κ2) is 9.87. The molecule has 0 aliphatic carbocycles. The Labute approximate surface area is 195 Å². The van der Waals surface area contributed by atoms with Gasteiger partial charge >= 0.3 is 5.97 Å². The average Bonchev–Trinajstić information content (AvgIpc) is 3.41. The Bertz CT molecular complexity index is 1240. The van der Waals surface area contributed by atoms with Gasteiger partial charge in [0.15, 0.2) is 6.61 Å². The van der Waals surface area contributed by atoms with E-state index in [2.05, 4.69) is 5.32 Å². The Morgan fingerprint density at radius 3 is 2.44 bits per heavy atom. The van der Waals surface area contributed by atoms with Crippen LogP contribution in [0.4, 0.5) is 14.5 Å². The quantitative estimate of drug-likeness (QED) is 0.289. The van der Waals surface area contributed by atoms with Crippen LogP contribution in [0.5, 0.6) is 0 Å². The predicted octanol–water partition coefficient (Wildman–Crippen LogP) is 4.19. The second-order valence-electron chi connectivity index (χ2n) is 7.06. The van der Waals surface area contributed by atoms with Crippen LogP contribution < -0.4 is 5.32 Å². The number of ether oxygens (including phenoxy) is 1. The molecule has 174 valence electrons. The highest BCUT2D eigenvalue weighted by molar-refractivity contribution is 7.99. The fraction of sp³-hybridized carbons (Fsp3) is 0.130. The lowest BCUT2D eigenvalue weighted by atomic mass is 10.1. The average molecular weight is 486 g/mol. The normalized spacial score (nSPS) is 12.7. The van der Waals surface area contributed by atoms with Gasteiger partial charge in [-0.2, -0.15) is 8.78 Å². The third-order valence-electron chi connectivity index (χ3n) is 4.80. The number of carbonyl (C=O) groups is 4. The van der Waals surface area contributed by atoms with E-state index in [0.717, 1.165) is 4.90 Å². The molecule has 0 saturated carbocycles. The van der Waals surface area contributed by atoms with Gasteiger partial charge in [-0.05, 0) is 54.6 Å². The molecule has 0 spiro atoms. The third-order valence-corrected chi connectivity index (χ3v) is 5.52. The molecule has 0 fully saturated rings. The van der Waals surface area contributed by atoms with Crippen molar-refractivity contribution in [3.05, 3.63) is 83.3 Å². The van der Waals surface area contributed by atoms with Crippen molar-refractivity contribution in [3.63, 3.8) is 0 Å². The van der Waals surface area contributed by atoms with Crippen molar-refractivity contribution in [2.24, 2.45) is 0 Å². The first kappa shape index (κ1) is 23.2. The van der Waals surface area contributed by atoms with E-state index in [1.807, 2.05) is 0 Å². The highest BCUT2D eigenvalue weighted by Crippen LogP contribution is 2.27. The number of fused-ring (bicyclic) bond motifs is 1. The van der Waals surface area contributed by atoms with Crippen LogP contribution >= 0.6 is 11.8 Å². The number of esters is 1. The number of anilines is 1. The molecule has 2 aromatic carbocycles. The first-order valence-corrected chi connectivity index (χ1v) is 10.7. The standard InChI is InChI=1S/C23H16F2N2O6S/c24-23(25)34-16-6-4-14(5-7-16)26-19(28)12-33-22(31)13-3-8-17-18(10-13)21(30)27(20(17)29)11-15-2-1-9-32-15/h1-10,23H,11-12H2,(H,26,28). The molecule has 0 atom stereocenters. The van der Waals surface area contributed by atoms with Crippen LogP contribution in [0, 0.1) is 0 Å². The molecule has 0 unspecified atom stereocenters. The molecule has 2 heterocycles. The molecule has 3 amide bonds. The Kier molecular flexibility index (Phi) is 6.73. The zero-order valence-corrected chi connectivity index (χ0v) is 18.1. The summed E-state index contributed by atoms with van der Waals surface area (Å²) in [5, 5.41) is 2.48. The number of benzene rings is 2. The lowest BCUT2D eigenvalue weighted by Crippen LogP contribution is -2.28. The van der Waals surface area contributed by atoms with E-state index in [4.69, 9.17) is 9.15 Å². The zero-order chi connectivity index (χ0) is 24.2. The Morgan fingerprint density at radius 2 is 1.76 bits per heavy atom. The summed E-state index contributed by atoms with van der Waals surface area (Å²) in [6.07, 6.45) is 1.43. The van der Waals surface area contributed by atoms with Crippen molar-refractivity contribution < 1.29 is 37.1 Å². The molecule has 0 saturated heterocycles.